The molecule has 0 spiro atoms. The lowest BCUT2D eigenvalue weighted by Crippen LogP contribution is -2.23. The van der Waals surface area contributed by atoms with Crippen LogP contribution in [0, 0.1) is 0 Å². The minimum atomic E-state index is -0.149. The van der Waals surface area contributed by atoms with Crippen molar-refractivity contribution < 1.29 is 9.53 Å². The van der Waals surface area contributed by atoms with Gasteiger partial charge in [0, 0.05) is 18.3 Å². The molecule has 1 saturated heterocycles. The molecule has 1 aliphatic rings. The van der Waals surface area contributed by atoms with Crippen LogP contribution in [0.1, 0.15) is 23.7 Å². The van der Waals surface area contributed by atoms with Crippen molar-refractivity contribution in [3.63, 3.8) is 0 Å². The third-order valence-corrected chi connectivity index (χ3v) is 5.59. The van der Waals surface area contributed by atoms with Gasteiger partial charge in [-0.1, -0.05) is 36.9 Å². The largest absolute Gasteiger partial charge is 0.493 e. The summed E-state index contributed by atoms with van der Waals surface area (Å²) in [5.74, 6) is 0.811. The number of pyridine rings is 1. The quantitative estimate of drug-likeness (QED) is 0.741. The number of amides is 1. The number of thiocarbonyl (C=S) groups is 1. The van der Waals surface area contributed by atoms with Gasteiger partial charge in [-0.25, -0.2) is 0 Å². The number of carbonyl (C=O) groups excluding carboxylic acids is 1. The second kappa shape index (κ2) is 8.99. The number of hydrogen-bond donors (Lipinski definition) is 1. The molecule has 3 rings (SSSR count). The number of thioether (sulfide) groups is 1. The molecule has 6 heteroatoms. The standard InChI is InChI=1S/C20H20N2O2S2/c1-2-14-3-6-16(21-12-14)9-10-24-17-7-4-15(5-8-17)11-18-20(23)22-19(13-25)26-18/h3-8,12,18H,2,9-11H2,1H3,(H,22,23). The molecule has 1 aromatic carbocycles. The van der Waals surface area contributed by atoms with Crippen molar-refractivity contribution in [1.29, 1.82) is 0 Å². The first-order valence-electron chi connectivity index (χ1n) is 8.56. The summed E-state index contributed by atoms with van der Waals surface area (Å²) >= 11 is 6.18. The zero-order valence-corrected chi connectivity index (χ0v) is 16.2. The van der Waals surface area contributed by atoms with Crippen LogP contribution in [0.15, 0.2) is 47.6 Å². The number of ether oxygens (including phenoxy) is 1. The molecule has 0 bridgehead atoms. The molecule has 1 amide bonds. The average molecular weight is 385 g/mol. The number of nitrogens with zero attached hydrogens (tertiary/aromatic N) is 1. The van der Waals surface area contributed by atoms with Crippen molar-refractivity contribution in [2.45, 2.75) is 31.4 Å². The van der Waals surface area contributed by atoms with Crippen molar-refractivity contribution in [3.8, 4) is 5.75 Å². The van der Waals surface area contributed by atoms with Crippen molar-refractivity contribution in [3.05, 3.63) is 64.4 Å². The lowest BCUT2D eigenvalue weighted by Gasteiger charge is -2.09. The maximum Gasteiger partial charge on any atom is 0.239 e. The molecule has 2 heterocycles. The second-order valence-corrected chi connectivity index (χ2v) is 7.40. The number of rotatable bonds is 7. The first-order valence-corrected chi connectivity index (χ1v) is 9.85. The third-order valence-electron chi connectivity index (χ3n) is 4.15. The molecule has 0 aliphatic carbocycles. The monoisotopic (exact) mass is 384 g/mol. The average Bonchev–Trinajstić information content (AvgIpc) is 3.03. The van der Waals surface area contributed by atoms with E-state index in [1.165, 1.54) is 17.3 Å². The highest BCUT2D eigenvalue weighted by molar-refractivity contribution is 8.05. The Labute approximate surface area is 163 Å². The van der Waals surface area contributed by atoms with Crippen LogP contribution >= 0.6 is 24.0 Å². The van der Waals surface area contributed by atoms with Crippen LogP contribution in [0.2, 0.25) is 0 Å². The van der Waals surface area contributed by atoms with Gasteiger partial charge in [0.2, 0.25) is 5.91 Å². The molecular weight excluding hydrogens is 364 g/mol. The smallest absolute Gasteiger partial charge is 0.239 e. The summed E-state index contributed by atoms with van der Waals surface area (Å²) in [4.78, 5) is 16.3. The molecule has 0 saturated carbocycles. The Hall–Kier alpha value is -2.14. The Kier molecular flexibility index (Phi) is 6.45. The zero-order chi connectivity index (χ0) is 18.4. The Bertz CT molecular complexity index is 813. The molecule has 1 fully saturated rings. The van der Waals surface area contributed by atoms with Crippen molar-refractivity contribution in [2.24, 2.45) is 0 Å². The summed E-state index contributed by atoms with van der Waals surface area (Å²) in [6.07, 6.45) is 4.36. The van der Waals surface area contributed by atoms with E-state index in [1.807, 2.05) is 30.5 Å². The van der Waals surface area contributed by atoms with E-state index < -0.39 is 0 Å². The normalized spacial score (nSPS) is 16.3. The predicted molar refractivity (Wildman–Crippen MR) is 109 cm³/mol. The molecule has 134 valence electrons. The number of aromatic nitrogens is 1. The summed E-state index contributed by atoms with van der Waals surface area (Å²) in [6.45, 7) is 2.70. The fourth-order valence-electron chi connectivity index (χ4n) is 2.62. The van der Waals surface area contributed by atoms with Crippen molar-refractivity contribution in [2.75, 3.05) is 6.61 Å². The molecule has 26 heavy (non-hydrogen) atoms. The summed E-state index contributed by atoms with van der Waals surface area (Å²) in [7, 11) is 0. The summed E-state index contributed by atoms with van der Waals surface area (Å²) in [6, 6.07) is 12.0. The lowest BCUT2D eigenvalue weighted by atomic mass is 10.1. The Morgan fingerprint density at radius 2 is 2.00 bits per heavy atom. The Morgan fingerprint density at radius 1 is 1.23 bits per heavy atom. The minimum Gasteiger partial charge on any atom is -0.493 e. The molecule has 0 radical (unpaired) electrons. The molecule has 1 aliphatic heterocycles. The van der Waals surface area contributed by atoms with Gasteiger partial charge < -0.3 is 10.1 Å². The minimum absolute atomic E-state index is 0.00994. The van der Waals surface area contributed by atoms with Gasteiger partial charge in [0.25, 0.3) is 0 Å². The number of benzene rings is 1. The van der Waals surface area contributed by atoms with Crippen LogP contribution in [-0.4, -0.2) is 27.8 Å². The first-order chi connectivity index (χ1) is 12.7. The van der Waals surface area contributed by atoms with Gasteiger partial charge in [0.15, 0.2) is 0 Å². The van der Waals surface area contributed by atoms with Crippen LogP contribution in [0.25, 0.3) is 0 Å². The van der Waals surface area contributed by atoms with Gasteiger partial charge in [-0.2, -0.15) is 0 Å². The molecule has 1 N–H and O–H groups in total. The van der Waals surface area contributed by atoms with Gasteiger partial charge >= 0.3 is 0 Å². The van der Waals surface area contributed by atoms with Crippen LogP contribution in [0.3, 0.4) is 0 Å². The van der Waals surface area contributed by atoms with E-state index in [0.717, 1.165) is 29.8 Å². The molecule has 1 unspecified atom stereocenters. The van der Waals surface area contributed by atoms with E-state index >= 15 is 0 Å². The van der Waals surface area contributed by atoms with E-state index in [-0.39, 0.29) is 11.2 Å². The summed E-state index contributed by atoms with van der Waals surface area (Å²) in [5, 5.41) is 5.78. The first kappa shape index (κ1) is 18.6. The second-order valence-electron chi connectivity index (χ2n) is 5.98. The van der Waals surface area contributed by atoms with Gasteiger partial charge in [0.1, 0.15) is 10.8 Å². The van der Waals surface area contributed by atoms with Crippen LogP contribution < -0.4 is 10.1 Å². The molecule has 2 aromatic rings. The van der Waals surface area contributed by atoms with Gasteiger partial charge in [-0.05, 0) is 59.4 Å². The number of carbonyl (C=O) groups is 1. The highest BCUT2D eigenvalue weighted by atomic mass is 32.2. The molecule has 1 atom stereocenters. The van der Waals surface area contributed by atoms with Crippen molar-refractivity contribution in [1.82, 2.24) is 10.3 Å². The maximum absolute atomic E-state index is 11.9. The summed E-state index contributed by atoms with van der Waals surface area (Å²) in [5.41, 5.74) is 3.37. The fraction of sp³-hybridized carbons (Fsp3) is 0.300. The van der Waals surface area contributed by atoms with Crippen LogP contribution in [-0.2, 0) is 24.1 Å². The topological polar surface area (TPSA) is 51.2 Å². The van der Waals surface area contributed by atoms with Crippen LogP contribution in [0.4, 0.5) is 0 Å². The SMILES string of the molecule is CCc1ccc(CCOc2ccc(CC3SC(=C=S)NC3=O)cc2)nc1. The fourth-order valence-corrected chi connectivity index (χ4v) is 3.75. The summed E-state index contributed by atoms with van der Waals surface area (Å²) < 4.78 is 5.79. The Balaban J connectivity index is 1.48. The maximum atomic E-state index is 11.9. The number of aryl methyl sites for hydroxylation is 1. The Morgan fingerprint density at radius 3 is 2.62 bits per heavy atom. The zero-order valence-electron chi connectivity index (χ0n) is 14.5. The van der Waals surface area contributed by atoms with E-state index in [1.54, 1.807) is 0 Å². The third kappa shape index (κ3) is 4.94. The van der Waals surface area contributed by atoms with E-state index in [0.29, 0.717) is 18.1 Å². The van der Waals surface area contributed by atoms with E-state index in [2.05, 4.69) is 34.4 Å². The van der Waals surface area contributed by atoms with Crippen LogP contribution in [0.5, 0.6) is 5.75 Å². The van der Waals surface area contributed by atoms with E-state index in [4.69, 9.17) is 17.0 Å². The molecular formula is C20H20N2O2S2. The number of hydrogen-bond acceptors (Lipinski definition) is 5. The van der Waals surface area contributed by atoms with Gasteiger partial charge in [0.05, 0.1) is 11.9 Å². The molecule has 1 aromatic heterocycles. The predicted octanol–water partition coefficient (Wildman–Crippen LogP) is 3.48. The van der Waals surface area contributed by atoms with Crippen molar-refractivity contribution >= 4 is 34.9 Å². The van der Waals surface area contributed by atoms with E-state index in [9.17, 15) is 4.79 Å². The highest BCUT2D eigenvalue weighted by Crippen LogP contribution is 2.28. The molecule has 4 nitrogen and oxygen atoms in total. The lowest BCUT2D eigenvalue weighted by molar-refractivity contribution is -0.119. The van der Waals surface area contributed by atoms with Gasteiger partial charge in [-0.15, -0.1) is 0 Å². The van der Waals surface area contributed by atoms with Gasteiger partial charge in [-0.3, -0.25) is 9.78 Å². The number of nitrogens with one attached hydrogen (secondary N) is 1. The highest BCUT2D eigenvalue weighted by Gasteiger charge is 2.29.